The fourth-order valence-corrected chi connectivity index (χ4v) is 3.25. The molecule has 5 heteroatoms. The predicted molar refractivity (Wildman–Crippen MR) is 81.5 cm³/mol. The maximum Gasteiger partial charge on any atom is 0.224 e. The van der Waals surface area contributed by atoms with Crippen LogP contribution in [-0.2, 0) is 4.79 Å². The molecule has 0 aromatic carbocycles. The lowest BCUT2D eigenvalue weighted by atomic mass is 10.1. The summed E-state index contributed by atoms with van der Waals surface area (Å²) in [5, 5.41) is 12.5. The van der Waals surface area contributed by atoms with Gasteiger partial charge in [-0.05, 0) is 6.42 Å². The Morgan fingerprint density at radius 1 is 1.37 bits per heavy atom. The monoisotopic (exact) mass is 288 g/mol. The van der Waals surface area contributed by atoms with E-state index in [-0.39, 0.29) is 12.5 Å². The molecule has 4 nitrogen and oxygen atoms in total. The molecule has 0 aromatic rings. The van der Waals surface area contributed by atoms with Crippen LogP contribution < -0.4 is 5.32 Å². The molecule has 1 amide bonds. The van der Waals surface area contributed by atoms with Crippen molar-refractivity contribution in [1.82, 2.24) is 10.2 Å². The van der Waals surface area contributed by atoms with Crippen molar-refractivity contribution in [2.24, 2.45) is 0 Å². The van der Waals surface area contributed by atoms with Gasteiger partial charge in [0.1, 0.15) is 0 Å². The highest BCUT2D eigenvalue weighted by molar-refractivity contribution is 7.99. The van der Waals surface area contributed by atoms with Gasteiger partial charge in [-0.25, -0.2) is 0 Å². The van der Waals surface area contributed by atoms with Crippen LogP contribution in [0.2, 0.25) is 0 Å². The van der Waals surface area contributed by atoms with Crippen molar-refractivity contribution < 1.29 is 9.90 Å². The number of aliphatic hydroxyl groups excluding tert-OH is 1. The molecule has 2 N–H and O–H groups in total. The van der Waals surface area contributed by atoms with Gasteiger partial charge in [-0.15, -0.1) is 0 Å². The average Bonchev–Trinajstić information content (AvgIpc) is 2.43. The average molecular weight is 288 g/mol. The largest absolute Gasteiger partial charge is 0.395 e. The number of carbonyl (C=O) groups excluding carboxylic acids is 1. The van der Waals surface area contributed by atoms with Gasteiger partial charge in [-0.1, -0.05) is 26.2 Å². The van der Waals surface area contributed by atoms with E-state index in [1.54, 1.807) is 0 Å². The SMILES string of the molecule is CCCCCCN(CCO)C(=O)CC1CSCCN1. The number of unbranched alkanes of at least 4 members (excludes halogenated alkanes) is 3. The second-order valence-electron chi connectivity index (χ2n) is 5.10. The van der Waals surface area contributed by atoms with Gasteiger partial charge in [-0.3, -0.25) is 4.79 Å². The Balaban J connectivity index is 2.29. The highest BCUT2D eigenvalue weighted by atomic mass is 32.2. The molecule has 1 unspecified atom stereocenters. The van der Waals surface area contributed by atoms with Crippen molar-refractivity contribution in [3.63, 3.8) is 0 Å². The Morgan fingerprint density at radius 3 is 2.84 bits per heavy atom. The first kappa shape index (κ1) is 16.8. The van der Waals surface area contributed by atoms with Crippen LogP contribution in [0, 0.1) is 0 Å². The Labute approximate surface area is 121 Å². The van der Waals surface area contributed by atoms with Gasteiger partial charge >= 0.3 is 0 Å². The van der Waals surface area contributed by atoms with E-state index >= 15 is 0 Å². The minimum Gasteiger partial charge on any atom is -0.395 e. The number of rotatable bonds is 9. The van der Waals surface area contributed by atoms with Crippen molar-refractivity contribution in [1.29, 1.82) is 0 Å². The number of thioether (sulfide) groups is 1. The molecule has 0 radical (unpaired) electrons. The van der Waals surface area contributed by atoms with Crippen LogP contribution in [0.25, 0.3) is 0 Å². The summed E-state index contributed by atoms with van der Waals surface area (Å²) in [6, 6.07) is 0.308. The van der Waals surface area contributed by atoms with Gasteiger partial charge in [-0.2, -0.15) is 11.8 Å². The van der Waals surface area contributed by atoms with E-state index in [1.807, 2.05) is 16.7 Å². The van der Waals surface area contributed by atoms with Crippen LogP contribution in [0.5, 0.6) is 0 Å². The van der Waals surface area contributed by atoms with Gasteiger partial charge in [0.05, 0.1) is 6.61 Å². The van der Waals surface area contributed by atoms with Crippen molar-refractivity contribution in [2.75, 3.05) is 37.7 Å². The summed E-state index contributed by atoms with van der Waals surface area (Å²) in [4.78, 5) is 14.1. The molecule has 0 bridgehead atoms. The highest BCUT2D eigenvalue weighted by Crippen LogP contribution is 2.12. The lowest BCUT2D eigenvalue weighted by molar-refractivity contribution is -0.132. The van der Waals surface area contributed by atoms with E-state index in [9.17, 15) is 4.79 Å². The van der Waals surface area contributed by atoms with E-state index in [0.29, 0.717) is 19.0 Å². The minimum atomic E-state index is 0.0619. The minimum absolute atomic E-state index is 0.0619. The standard InChI is InChI=1S/C14H28N2O2S/c1-2-3-4-5-7-16(8-9-17)14(18)11-13-12-19-10-6-15-13/h13,15,17H,2-12H2,1H3. The summed E-state index contributed by atoms with van der Waals surface area (Å²) in [7, 11) is 0. The van der Waals surface area contributed by atoms with Gasteiger partial charge in [0.25, 0.3) is 0 Å². The predicted octanol–water partition coefficient (Wildman–Crippen LogP) is 1.48. The van der Waals surface area contributed by atoms with Gasteiger partial charge in [0.15, 0.2) is 0 Å². The Morgan fingerprint density at radius 2 is 2.21 bits per heavy atom. The number of nitrogens with zero attached hydrogens (tertiary/aromatic N) is 1. The zero-order valence-electron chi connectivity index (χ0n) is 12.1. The Kier molecular flexibility index (Phi) is 9.30. The molecule has 0 aliphatic carbocycles. The fraction of sp³-hybridized carbons (Fsp3) is 0.929. The number of hydrogen-bond acceptors (Lipinski definition) is 4. The topological polar surface area (TPSA) is 52.6 Å². The molecule has 0 saturated carbocycles. The molecule has 1 fully saturated rings. The van der Waals surface area contributed by atoms with Crippen molar-refractivity contribution >= 4 is 17.7 Å². The summed E-state index contributed by atoms with van der Waals surface area (Å²) < 4.78 is 0. The molecule has 112 valence electrons. The maximum absolute atomic E-state index is 12.2. The first-order valence-electron chi connectivity index (χ1n) is 7.47. The summed E-state index contributed by atoms with van der Waals surface area (Å²) in [6.45, 7) is 4.51. The van der Waals surface area contributed by atoms with Crippen molar-refractivity contribution in [3.05, 3.63) is 0 Å². The van der Waals surface area contributed by atoms with Crippen LogP contribution in [0.3, 0.4) is 0 Å². The maximum atomic E-state index is 12.2. The molecule has 1 heterocycles. The third-order valence-corrected chi connectivity index (χ3v) is 4.55. The second kappa shape index (κ2) is 10.5. The molecular formula is C14H28N2O2S. The summed E-state index contributed by atoms with van der Waals surface area (Å²) in [6.07, 6.45) is 5.22. The molecular weight excluding hydrogens is 260 g/mol. The van der Waals surface area contributed by atoms with Crippen molar-refractivity contribution in [2.45, 2.75) is 45.1 Å². The number of carbonyl (C=O) groups is 1. The molecule has 0 spiro atoms. The Hall–Kier alpha value is -0.260. The van der Waals surface area contributed by atoms with E-state index in [2.05, 4.69) is 12.2 Å². The lowest BCUT2D eigenvalue weighted by Crippen LogP contribution is -2.43. The van der Waals surface area contributed by atoms with E-state index in [1.165, 1.54) is 19.3 Å². The van der Waals surface area contributed by atoms with Gasteiger partial charge in [0, 0.05) is 43.6 Å². The molecule has 1 rings (SSSR count). The first-order valence-corrected chi connectivity index (χ1v) is 8.63. The van der Waals surface area contributed by atoms with Crippen molar-refractivity contribution in [3.8, 4) is 0 Å². The van der Waals surface area contributed by atoms with E-state index < -0.39 is 0 Å². The van der Waals surface area contributed by atoms with Crippen LogP contribution in [0.1, 0.15) is 39.0 Å². The first-order chi connectivity index (χ1) is 9.27. The Bertz CT molecular complexity index is 246. The fourth-order valence-electron chi connectivity index (χ4n) is 2.30. The molecule has 0 aromatic heterocycles. The highest BCUT2D eigenvalue weighted by Gasteiger charge is 2.20. The van der Waals surface area contributed by atoms with Gasteiger partial charge < -0.3 is 15.3 Å². The van der Waals surface area contributed by atoms with E-state index in [0.717, 1.165) is 31.0 Å². The summed E-state index contributed by atoms with van der Waals surface area (Å²) >= 11 is 1.91. The van der Waals surface area contributed by atoms with Gasteiger partial charge in [0.2, 0.25) is 5.91 Å². The molecule has 1 saturated heterocycles. The van der Waals surface area contributed by atoms with Crippen LogP contribution in [0.4, 0.5) is 0 Å². The number of hydrogen-bond donors (Lipinski definition) is 2. The summed E-state index contributed by atoms with van der Waals surface area (Å²) in [5.74, 6) is 2.35. The molecule has 1 aliphatic rings. The van der Waals surface area contributed by atoms with Crippen LogP contribution in [-0.4, -0.2) is 59.7 Å². The molecule has 1 aliphatic heterocycles. The summed E-state index contributed by atoms with van der Waals surface area (Å²) in [5.41, 5.74) is 0. The zero-order chi connectivity index (χ0) is 13.9. The van der Waals surface area contributed by atoms with Crippen LogP contribution in [0.15, 0.2) is 0 Å². The third-order valence-electron chi connectivity index (χ3n) is 3.42. The number of aliphatic hydroxyl groups is 1. The number of nitrogens with one attached hydrogen (secondary N) is 1. The second-order valence-corrected chi connectivity index (χ2v) is 6.24. The normalized spacial score (nSPS) is 19.4. The molecule has 1 atom stereocenters. The van der Waals surface area contributed by atoms with E-state index in [4.69, 9.17) is 5.11 Å². The zero-order valence-corrected chi connectivity index (χ0v) is 12.9. The number of amides is 1. The van der Waals surface area contributed by atoms with Crippen LogP contribution >= 0.6 is 11.8 Å². The quantitative estimate of drug-likeness (QED) is 0.631. The smallest absolute Gasteiger partial charge is 0.224 e. The molecule has 19 heavy (non-hydrogen) atoms. The lowest BCUT2D eigenvalue weighted by Gasteiger charge is -2.27. The third kappa shape index (κ3) is 7.18.